The summed E-state index contributed by atoms with van der Waals surface area (Å²) in [7, 11) is 0. The van der Waals surface area contributed by atoms with Crippen molar-refractivity contribution in [3.8, 4) is 5.88 Å². The Bertz CT molecular complexity index is 989. The first-order valence-corrected chi connectivity index (χ1v) is 11.6. The summed E-state index contributed by atoms with van der Waals surface area (Å²) in [5.41, 5.74) is 4.88. The summed E-state index contributed by atoms with van der Waals surface area (Å²) in [6, 6.07) is 10.5. The molecule has 182 valence electrons. The van der Waals surface area contributed by atoms with Crippen LogP contribution in [0.15, 0.2) is 54.0 Å². The number of carboxylic acids is 1. The molecule has 0 aliphatic carbocycles. The fourth-order valence-corrected chi connectivity index (χ4v) is 3.54. The Balaban J connectivity index is 1.74. The summed E-state index contributed by atoms with van der Waals surface area (Å²) >= 11 is 0. The summed E-state index contributed by atoms with van der Waals surface area (Å²) in [6.07, 6.45) is 7.25. The van der Waals surface area contributed by atoms with Gasteiger partial charge in [-0.2, -0.15) is 10.1 Å². The van der Waals surface area contributed by atoms with E-state index in [-0.39, 0.29) is 5.56 Å². The van der Waals surface area contributed by atoms with E-state index >= 15 is 0 Å². The lowest BCUT2D eigenvalue weighted by Crippen LogP contribution is -2.29. The lowest BCUT2D eigenvalue weighted by atomic mass is 10.1. The normalized spacial score (nSPS) is 13.1. The summed E-state index contributed by atoms with van der Waals surface area (Å²) in [5.74, 6) is 0.109. The minimum Gasteiger partial charge on any atom is -0.498 e. The second kappa shape index (κ2) is 13.1. The van der Waals surface area contributed by atoms with Crippen LogP contribution in [0.2, 0.25) is 0 Å². The molecule has 0 amide bonds. The number of hydrazone groups is 1. The van der Waals surface area contributed by atoms with Crippen LogP contribution in [0.4, 0.5) is 11.5 Å². The molecule has 2 N–H and O–H groups in total. The van der Waals surface area contributed by atoms with Crippen LogP contribution in [0, 0.1) is 0 Å². The van der Waals surface area contributed by atoms with Crippen molar-refractivity contribution in [1.29, 1.82) is 0 Å². The molecule has 9 heteroatoms. The van der Waals surface area contributed by atoms with E-state index in [4.69, 9.17) is 14.6 Å². The predicted molar refractivity (Wildman–Crippen MR) is 134 cm³/mol. The van der Waals surface area contributed by atoms with Crippen LogP contribution in [0.1, 0.15) is 42.6 Å². The SMILES string of the molecule is CCCN(CCC)c1cc(N/N=C/c2cccc(C(=O)O)c2)nc(OCCN2C=COCC2)c1. The van der Waals surface area contributed by atoms with Crippen LogP contribution in [-0.4, -0.2) is 66.6 Å². The van der Waals surface area contributed by atoms with Gasteiger partial charge >= 0.3 is 5.97 Å². The fourth-order valence-electron chi connectivity index (χ4n) is 3.54. The molecule has 0 bridgehead atoms. The number of hydrogen-bond donors (Lipinski definition) is 2. The van der Waals surface area contributed by atoms with Gasteiger partial charge in [0, 0.05) is 37.1 Å². The number of anilines is 2. The topological polar surface area (TPSA) is 99.5 Å². The van der Waals surface area contributed by atoms with Gasteiger partial charge in [-0.05, 0) is 30.5 Å². The number of benzene rings is 1. The van der Waals surface area contributed by atoms with Crippen LogP contribution in [0.5, 0.6) is 5.88 Å². The third kappa shape index (κ3) is 7.68. The van der Waals surface area contributed by atoms with Crippen molar-refractivity contribution in [2.45, 2.75) is 26.7 Å². The molecule has 0 fully saturated rings. The minimum atomic E-state index is -0.973. The van der Waals surface area contributed by atoms with E-state index in [9.17, 15) is 4.79 Å². The molecule has 1 aromatic heterocycles. The standard InChI is InChI=1S/C25H33N5O4/c1-3-8-30(9-4-2)22-17-23(28-26-19-20-6-5-7-21(16-20)25(31)32)27-24(18-22)34-15-12-29-10-13-33-14-11-29/h5-7,10,13,16-19H,3-4,8-9,11-12,14-15H2,1-2H3,(H,27,28)(H,31,32)/b26-19+. The van der Waals surface area contributed by atoms with Gasteiger partial charge in [0.25, 0.3) is 0 Å². The van der Waals surface area contributed by atoms with Gasteiger partial charge in [0.05, 0.1) is 31.1 Å². The van der Waals surface area contributed by atoms with Crippen LogP contribution in [-0.2, 0) is 4.74 Å². The lowest BCUT2D eigenvalue weighted by Gasteiger charge is -2.25. The Hall–Kier alpha value is -3.75. The maximum atomic E-state index is 11.2. The number of nitrogens with zero attached hydrogens (tertiary/aromatic N) is 4. The first-order chi connectivity index (χ1) is 16.6. The second-order valence-corrected chi connectivity index (χ2v) is 7.88. The highest BCUT2D eigenvalue weighted by molar-refractivity contribution is 5.91. The number of rotatable bonds is 13. The average molecular weight is 468 g/mol. The van der Waals surface area contributed by atoms with E-state index in [1.807, 2.05) is 18.3 Å². The molecule has 1 aliphatic rings. The fraction of sp³-hybridized carbons (Fsp3) is 0.400. The molecule has 34 heavy (non-hydrogen) atoms. The predicted octanol–water partition coefficient (Wildman–Crippen LogP) is 4.03. The maximum Gasteiger partial charge on any atom is 0.335 e. The number of ether oxygens (including phenoxy) is 2. The number of nitrogens with one attached hydrogen (secondary N) is 1. The number of pyridine rings is 1. The molecule has 2 heterocycles. The minimum absolute atomic E-state index is 0.213. The molecular formula is C25H33N5O4. The molecule has 9 nitrogen and oxygen atoms in total. The third-order valence-corrected chi connectivity index (χ3v) is 5.16. The van der Waals surface area contributed by atoms with Crippen LogP contribution in [0.25, 0.3) is 0 Å². The van der Waals surface area contributed by atoms with Gasteiger partial charge in [-0.1, -0.05) is 26.0 Å². The summed E-state index contributed by atoms with van der Waals surface area (Å²) in [5, 5.41) is 13.4. The Kier molecular flexibility index (Phi) is 9.57. The molecule has 1 aliphatic heterocycles. The maximum absolute atomic E-state index is 11.2. The van der Waals surface area contributed by atoms with Gasteiger partial charge in [0.1, 0.15) is 13.2 Å². The highest BCUT2D eigenvalue weighted by atomic mass is 16.5. The van der Waals surface area contributed by atoms with Crippen LogP contribution < -0.4 is 15.1 Å². The number of carboxylic acid groups (broad SMARTS) is 1. The van der Waals surface area contributed by atoms with Gasteiger partial charge in [0.2, 0.25) is 5.88 Å². The van der Waals surface area contributed by atoms with E-state index in [0.717, 1.165) is 44.7 Å². The van der Waals surface area contributed by atoms with E-state index in [2.05, 4.69) is 39.2 Å². The highest BCUT2D eigenvalue weighted by Crippen LogP contribution is 2.25. The first kappa shape index (κ1) is 24.9. The number of hydrogen-bond acceptors (Lipinski definition) is 8. The zero-order valence-electron chi connectivity index (χ0n) is 19.8. The molecule has 0 atom stereocenters. The smallest absolute Gasteiger partial charge is 0.335 e. The van der Waals surface area contributed by atoms with E-state index in [1.165, 1.54) is 0 Å². The Morgan fingerprint density at radius 3 is 2.82 bits per heavy atom. The quantitative estimate of drug-likeness (QED) is 0.336. The molecule has 0 unspecified atom stereocenters. The monoisotopic (exact) mass is 467 g/mol. The van der Waals surface area contributed by atoms with Gasteiger partial charge in [-0.15, -0.1) is 0 Å². The summed E-state index contributed by atoms with van der Waals surface area (Å²) < 4.78 is 11.2. The Labute approximate surface area is 200 Å². The second-order valence-electron chi connectivity index (χ2n) is 7.88. The summed E-state index contributed by atoms with van der Waals surface area (Å²) in [4.78, 5) is 20.2. The van der Waals surface area contributed by atoms with Crippen molar-refractivity contribution in [1.82, 2.24) is 9.88 Å². The molecular weight excluding hydrogens is 434 g/mol. The van der Waals surface area contributed by atoms with E-state index < -0.39 is 5.97 Å². The molecule has 0 saturated carbocycles. The number of aromatic carboxylic acids is 1. The molecule has 0 saturated heterocycles. The summed E-state index contributed by atoms with van der Waals surface area (Å²) in [6.45, 7) is 8.92. The zero-order valence-corrected chi connectivity index (χ0v) is 19.8. The van der Waals surface area contributed by atoms with Crippen molar-refractivity contribution >= 4 is 23.7 Å². The van der Waals surface area contributed by atoms with Gasteiger partial charge in [-0.25, -0.2) is 4.79 Å². The molecule has 0 radical (unpaired) electrons. The van der Waals surface area contributed by atoms with Crippen LogP contribution in [0.3, 0.4) is 0 Å². The number of aromatic nitrogens is 1. The molecule has 1 aromatic carbocycles. The molecule has 0 spiro atoms. The van der Waals surface area contributed by atoms with Gasteiger partial charge in [0.15, 0.2) is 5.82 Å². The van der Waals surface area contributed by atoms with Crippen molar-refractivity contribution in [3.63, 3.8) is 0 Å². The van der Waals surface area contributed by atoms with Crippen molar-refractivity contribution in [2.24, 2.45) is 5.10 Å². The molecule has 2 aromatic rings. The Morgan fingerprint density at radius 2 is 2.12 bits per heavy atom. The molecule has 3 rings (SSSR count). The zero-order chi connectivity index (χ0) is 24.2. The number of carbonyl (C=O) groups is 1. The van der Waals surface area contributed by atoms with Crippen LogP contribution >= 0.6 is 0 Å². The third-order valence-electron chi connectivity index (χ3n) is 5.16. The lowest BCUT2D eigenvalue weighted by molar-refractivity contribution is 0.0697. The van der Waals surface area contributed by atoms with E-state index in [0.29, 0.717) is 30.5 Å². The van der Waals surface area contributed by atoms with E-state index in [1.54, 1.807) is 36.7 Å². The highest BCUT2D eigenvalue weighted by Gasteiger charge is 2.11. The first-order valence-electron chi connectivity index (χ1n) is 11.6. The van der Waals surface area contributed by atoms with Crippen molar-refractivity contribution < 1.29 is 19.4 Å². The van der Waals surface area contributed by atoms with Crippen molar-refractivity contribution in [2.75, 3.05) is 49.7 Å². The van der Waals surface area contributed by atoms with Gasteiger partial charge < -0.3 is 24.4 Å². The average Bonchev–Trinajstić information content (AvgIpc) is 2.85. The largest absolute Gasteiger partial charge is 0.498 e. The Morgan fingerprint density at radius 1 is 1.29 bits per heavy atom. The van der Waals surface area contributed by atoms with Gasteiger partial charge in [-0.3, -0.25) is 5.43 Å². The van der Waals surface area contributed by atoms with Crippen molar-refractivity contribution in [3.05, 3.63) is 60.0 Å².